The standard InChI is InChI=1S/C19H23N3O3/c1-24-12-14-4-6-15(7-5-14)19(23)21-11-17-8-9-20-18(22-17)16-3-2-10-25-13-16/h4-9,16H,2-3,10-13H2,1H3,(H,21,23). The van der Waals surface area contributed by atoms with E-state index < -0.39 is 0 Å². The second-order valence-electron chi connectivity index (χ2n) is 6.13. The van der Waals surface area contributed by atoms with Crippen molar-refractivity contribution in [3.05, 3.63) is 59.2 Å². The SMILES string of the molecule is COCc1ccc(C(=O)NCc2ccnc(C3CCCOC3)n2)cc1. The van der Waals surface area contributed by atoms with Gasteiger partial charge < -0.3 is 14.8 Å². The van der Waals surface area contributed by atoms with Crippen LogP contribution in [0.5, 0.6) is 0 Å². The molecule has 1 aromatic carbocycles. The average Bonchev–Trinajstić information content (AvgIpc) is 2.68. The smallest absolute Gasteiger partial charge is 0.251 e. The van der Waals surface area contributed by atoms with Crippen LogP contribution in [0.4, 0.5) is 0 Å². The van der Waals surface area contributed by atoms with Crippen LogP contribution in [0.1, 0.15) is 46.2 Å². The molecule has 1 aromatic heterocycles. The first-order valence-corrected chi connectivity index (χ1v) is 8.52. The molecule has 0 aliphatic carbocycles. The Kier molecular flexibility index (Phi) is 6.09. The van der Waals surface area contributed by atoms with E-state index in [1.165, 1.54) is 0 Å². The monoisotopic (exact) mass is 341 g/mol. The topological polar surface area (TPSA) is 73.3 Å². The van der Waals surface area contributed by atoms with Gasteiger partial charge in [-0.3, -0.25) is 4.79 Å². The molecule has 1 atom stereocenters. The van der Waals surface area contributed by atoms with E-state index in [0.29, 0.717) is 25.3 Å². The summed E-state index contributed by atoms with van der Waals surface area (Å²) in [7, 11) is 1.65. The molecule has 132 valence electrons. The first-order chi connectivity index (χ1) is 12.3. The van der Waals surface area contributed by atoms with E-state index in [1.807, 2.05) is 18.2 Å². The Hall–Kier alpha value is -2.31. The third-order valence-corrected chi connectivity index (χ3v) is 4.21. The molecule has 0 saturated carbocycles. The third-order valence-electron chi connectivity index (χ3n) is 4.21. The number of aromatic nitrogens is 2. The number of hydrogen-bond donors (Lipinski definition) is 1. The number of carbonyl (C=O) groups is 1. The molecule has 6 heteroatoms. The van der Waals surface area contributed by atoms with Crippen LogP contribution in [0.25, 0.3) is 0 Å². The lowest BCUT2D eigenvalue weighted by Crippen LogP contribution is -2.24. The Balaban J connectivity index is 1.58. The fourth-order valence-corrected chi connectivity index (χ4v) is 2.84. The van der Waals surface area contributed by atoms with E-state index in [9.17, 15) is 4.79 Å². The number of ether oxygens (including phenoxy) is 2. The molecule has 1 aliphatic heterocycles. The van der Waals surface area contributed by atoms with Crippen LogP contribution in [0.3, 0.4) is 0 Å². The van der Waals surface area contributed by atoms with Crippen LogP contribution >= 0.6 is 0 Å². The third kappa shape index (κ3) is 4.84. The van der Waals surface area contributed by atoms with Crippen molar-refractivity contribution in [2.45, 2.75) is 31.9 Å². The highest BCUT2D eigenvalue weighted by atomic mass is 16.5. The molecule has 1 unspecified atom stereocenters. The Morgan fingerprint density at radius 2 is 2.16 bits per heavy atom. The van der Waals surface area contributed by atoms with Gasteiger partial charge in [0, 0.05) is 31.4 Å². The predicted molar refractivity (Wildman–Crippen MR) is 93.2 cm³/mol. The van der Waals surface area contributed by atoms with Gasteiger partial charge in [-0.25, -0.2) is 9.97 Å². The minimum absolute atomic E-state index is 0.120. The van der Waals surface area contributed by atoms with E-state index in [1.54, 1.807) is 25.4 Å². The number of amides is 1. The number of rotatable bonds is 6. The minimum Gasteiger partial charge on any atom is -0.381 e. The Labute approximate surface area is 147 Å². The number of nitrogens with zero attached hydrogens (tertiary/aromatic N) is 2. The molecule has 1 aliphatic rings. The first kappa shape index (κ1) is 17.5. The maximum absolute atomic E-state index is 12.3. The number of nitrogens with one attached hydrogen (secondary N) is 1. The van der Waals surface area contributed by atoms with Crippen molar-refractivity contribution in [1.82, 2.24) is 15.3 Å². The van der Waals surface area contributed by atoms with E-state index >= 15 is 0 Å². The van der Waals surface area contributed by atoms with Crippen LogP contribution in [0.15, 0.2) is 36.5 Å². The molecule has 2 heterocycles. The molecule has 2 aromatic rings. The predicted octanol–water partition coefficient (Wildman–Crippen LogP) is 2.45. The number of methoxy groups -OCH3 is 1. The van der Waals surface area contributed by atoms with Gasteiger partial charge in [0.25, 0.3) is 5.91 Å². The van der Waals surface area contributed by atoms with Gasteiger partial charge in [0.05, 0.1) is 25.5 Å². The second-order valence-corrected chi connectivity index (χ2v) is 6.13. The number of hydrogen-bond acceptors (Lipinski definition) is 5. The molecule has 0 bridgehead atoms. The Morgan fingerprint density at radius 3 is 2.88 bits per heavy atom. The molecular formula is C19H23N3O3. The molecular weight excluding hydrogens is 318 g/mol. The maximum Gasteiger partial charge on any atom is 0.251 e. The number of carbonyl (C=O) groups excluding carboxylic acids is 1. The van der Waals surface area contributed by atoms with Crippen LogP contribution in [-0.4, -0.2) is 36.2 Å². The van der Waals surface area contributed by atoms with Crippen LogP contribution in [0, 0.1) is 0 Å². The molecule has 25 heavy (non-hydrogen) atoms. The summed E-state index contributed by atoms with van der Waals surface area (Å²) < 4.78 is 10.6. The number of benzene rings is 1. The van der Waals surface area contributed by atoms with Crippen molar-refractivity contribution in [3.63, 3.8) is 0 Å². The summed E-state index contributed by atoms with van der Waals surface area (Å²) in [6.07, 6.45) is 3.83. The van der Waals surface area contributed by atoms with Crippen LogP contribution in [-0.2, 0) is 22.6 Å². The minimum atomic E-state index is -0.120. The molecule has 0 spiro atoms. The summed E-state index contributed by atoms with van der Waals surface area (Å²) in [6, 6.07) is 9.21. The van der Waals surface area contributed by atoms with Crippen molar-refractivity contribution in [1.29, 1.82) is 0 Å². The molecule has 3 rings (SSSR count). The van der Waals surface area contributed by atoms with Crippen LogP contribution in [0.2, 0.25) is 0 Å². The molecule has 6 nitrogen and oxygen atoms in total. The van der Waals surface area contributed by atoms with Gasteiger partial charge >= 0.3 is 0 Å². The normalized spacial score (nSPS) is 17.2. The second kappa shape index (κ2) is 8.69. The quantitative estimate of drug-likeness (QED) is 0.874. The largest absolute Gasteiger partial charge is 0.381 e. The highest BCUT2D eigenvalue weighted by Gasteiger charge is 2.19. The van der Waals surface area contributed by atoms with Gasteiger partial charge in [-0.1, -0.05) is 12.1 Å². The molecule has 1 saturated heterocycles. The van der Waals surface area contributed by atoms with E-state index in [0.717, 1.165) is 36.5 Å². The summed E-state index contributed by atoms with van der Waals surface area (Å²) in [5.41, 5.74) is 2.46. The lowest BCUT2D eigenvalue weighted by atomic mass is 10.0. The highest BCUT2D eigenvalue weighted by Crippen LogP contribution is 2.22. The van der Waals surface area contributed by atoms with Gasteiger partial charge in [0.1, 0.15) is 5.82 Å². The van der Waals surface area contributed by atoms with E-state index in [2.05, 4.69) is 15.3 Å². The maximum atomic E-state index is 12.3. The molecule has 0 radical (unpaired) electrons. The van der Waals surface area contributed by atoms with Gasteiger partial charge in [-0.2, -0.15) is 0 Å². The van der Waals surface area contributed by atoms with Crippen molar-refractivity contribution in [2.24, 2.45) is 0 Å². The zero-order chi connectivity index (χ0) is 17.5. The van der Waals surface area contributed by atoms with Crippen molar-refractivity contribution < 1.29 is 14.3 Å². The van der Waals surface area contributed by atoms with Gasteiger partial charge in [-0.05, 0) is 36.6 Å². The van der Waals surface area contributed by atoms with E-state index in [4.69, 9.17) is 9.47 Å². The van der Waals surface area contributed by atoms with Crippen molar-refractivity contribution in [3.8, 4) is 0 Å². The Morgan fingerprint density at radius 1 is 1.32 bits per heavy atom. The first-order valence-electron chi connectivity index (χ1n) is 8.52. The van der Waals surface area contributed by atoms with Crippen molar-refractivity contribution in [2.75, 3.05) is 20.3 Å². The summed E-state index contributed by atoms with van der Waals surface area (Å²) in [6.45, 7) is 2.40. The lowest BCUT2D eigenvalue weighted by Gasteiger charge is -2.20. The zero-order valence-corrected chi connectivity index (χ0v) is 14.4. The summed E-state index contributed by atoms with van der Waals surface area (Å²) >= 11 is 0. The van der Waals surface area contributed by atoms with Gasteiger partial charge in [-0.15, -0.1) is 0 Å². The van der Waals surface area contributed by atoms with E-state index in [-0.39, 0.29) is 11.8 Å². The average molecular weight is 341 g/mol. The lowest BCUT2D eigenvalue weighted by molar-refractivity contribution is 0.0779. The summed E-state index contributed by atoms with van der Waals surface area (Å²) in [5.74, 6) is 0.929. The summed E-state index contributed by atoms with van der Waals surface area (Å²) in [4.78, 5) is 21.2. The highest BCUT2D eigenvalue weighted by molar-refractivity contribution is 5.94. The van der Waals surface area contributed by atoms with Crippen LogP contribution < -0.4 is 5.32 Å². The molecule has 1 N–H and O–H groups in total. The van der Waals surface area contributed by atoms with Gasteiger partial charge in [0.15, 0.2) is 0 Å². The molecule has 1 fully saturated rings. The van der Waals surface area contributed by atoms with Gasteiger partial charge in [0.2, 0.25) is 0 Å². The van der Waals surface area contributed by atoms with Crippen molar-refractivity contribution >= 4 is 5.91 Å². The Bertz CT molecular complexity index is 697. The molecule has 1 amide bonds. The fourth-order valence-electron chi connectivity index (χ4n) is 2.84. The fraction of sp³-hybridized carbons (Fsp3) is 0.421. The summed E-state index contributed by atoms with van der Waals surface area (Å²) in [5, 5.41) is 2.91. The zero-order valence-electron chi connectivity index (χ0n) is 14.4.